The first kappa shape index (κ1) is 119. The summed E-state index contributed by atoms with van der Waals surface area (Å²) in [6.45, 7) is 27.9. The molecule has 7 aromatic carbocycles. The molecule has 0 heterocycles. The molecule has 0 aliphatic heterocycles. The number of benzene rings is 7. The lowest BCUT2D eigenvalue weighted by Crippen LogP contribution is -2.29. The Morgan fingerprint density at radius 1 is 0.455 bits per heavy atom. The number of aliphatic hydroxyl groups excluding tert-OH is 2. The Morgan fingerprint density at radius 2 is 0.821 bits per heavy atom. The summed E-state index contributed by atoms with van der Waals surface area (Å²) in [6, 6.07) is 54.6. The summed E-state index contributed by atoms with van der Waals surface area (Å²) < 4.78 is 31.4. The molecule has 21 nitrogen and oxygen atoms in total. The molecule has 7 unspecified atom stereocenters. The first-order chi connectivity index (χ1) is 53.2. The molecule has 112 heavy (non-hydrogen) atoms. The number of ketones is 1. The molecule has 0 spiro atoms. The predicted octanol–water partition coefficient (Wildman–Crippen LogP) is 23.2. The molecule has 640 valence electrons. The van der Waals surface area contributed by atoms with Gasteiger partial charge in [-0.25, -0.2) is 42.9 Å². The monoisotopic (exact) mass is 1690 g/mol. The van der Waals surface area contributed by atoms with Gasteiger partial charge in [0.2, 0.25) is 6.43 Å². The zero-order chi connectivity index (χ0) is 87.9. The largest absolute Gasteiger partial charge is 0.465 e. The van der Waals surface area contributed by atoms with Gasteiger partial charge in [0.1, 0.15) is 6.61 Å². The van der Waals surface area contributed by atoms with Gasteiger partial charge in [-0.1, -0.05) is 250 Å². The van der Waals surface area contributed by atoms with Crippen LogP contribution in [-0.4, -0.2) is 144 Å². The van der Waals surface area contributed by atoms with E-state index in [-0.39, 0.29) is 5.92 Å². The molecular weight excluding hydrogens is 1560 g/mol. The highest BCUT2D eigenvalue weighted by Crippen LogP contribution is 2.35. The third kappa shape index (κ3) is 53.9. The first-order valence-electron chi connectivity index (χ1n) is 36.5. The smallest absolute Gasteiger partial charge is 0.337 e. The molecule has 0 saturated heterocycles. The zero-order valence-electron chi connectivity index (χ0n) is 70.0. The second-order valence-corrected chi connectivity index (χ2v) is 26.8. The molecule has 0 bridgehead atoms. The van der Waals surface area contributed by atoms with E-state index in [1.807, 2.05) is 126 Å². The normalized spacial score (nSPS) is 12.8. The molecule has 1 aliphatic rings. The van der Waals surface area contributed by atoms with Crippen molar-refractivity contribution in [3.63, 3.8) is 0 Å². The summed E-state index contributed by atoms with van der Waals surface area (Å²) >= 11 is 15.1. The van der Waals surface area contributed by atoms with Crippen LogP contribution in [0.2, 0.25) is 10.0 Å². The van der Waals surface area contributed by atoms with Gasteiger partial charge in [0.15, 0.2) is 5.78 Å². The van der Waals surface area contributed by atoms with Crippen LogP contribution in [0.25, 0.3) is 0 Å². The number of hydrogen-bond acceptors (Lipinski definition) is 21. The molecule has 0 amide bonds. The number of aryl methyl sites for hydroxylation is 1. The van der Waals surface area contributed by atoms with Gasteiger partial charge in [-0.3, -0.25) is 46.9 Å². The molecule has 12 N–H and O–H groups in total. The average molecular weight is 1690 g/mol. The first-order valence-corrected chi connectivity index (χ1v) is 38.0. The highest BCUT2D eigenvalue weighted by Gasteiger charge is 2.34. The predicted molar refractivity (Wildman–Crippen MR) is 452 cm³/mol. The Kier molecular flexibility index (Phi) is 81.0. The number of hydrogen-bond donors (Lipinski definition) is 12. The van der Waals surface area contributed by atoms with Crippen molar-refractivity contribution in [2.75, 3.05) is 63.5 Å². The summed E-state index contributed by atoms with van der Waals surface area (Å²) in [6.07, 6.45) is 9.53. The summed E-state index contributed by atoms with van der Waals surface area (Å²) in [4.78, 5) is 42.6. The van der Waals surface area contributed by atoms with E-state index in [0.29, 0.717) is 45.0 Å². The number of Topliss-reactive ketones (excluding diaryl/α,β-unsaturated/α-hetero) is 1. The number of fused-ring (bicyclic) bond motifs is 1. The standard InChI is InChI=1S/C14H18O4.C14H20.C11H14F2.C10H13Br.C10H12Cl2.2C10H14O.6CH4O2.CH4O.H2O2/c1-4-9(2)10-5-11(13(16)8-15)7-12(6-10)14(17)18-3;1-3-11(2)13-10-6-8-12-7-4-5-9-14(12)13;1-3-11(2,10(12)13)9-7-5-4-6-8-9;1-3-8(2)9-5-4-6-10(11)7-9;1-3-7(2)8-4-5-9(11)10(12)6-8;2*1-3-10(2,11)9-7-5-4-6-8-9;6*1-3-2;2*1-2/h5-7,9,15H,4,8H2,1-3H3;6,8,10-11H,3-5,7,9H2,1-2H3;4-8,10H,3H2,1-2H3;4-8H,3H2,1-2H3;4-7H,3H2,1-2H3;2*4-8,11H,3H2,1-2H3;6*2H,1H3;2H,1H3;1-2H. The lowest BCUT2D eigenvalue weighted by molar-refractivity contribution is -0.215. The lowest BCUT2D eigenvalue weighted by atomic mass is 9.80. The molecule has 1 aliphatic carbocycles. The van der Waals surface area contributed by atoms with Crippen LogP contribution in [0.4, 0.5) is 8.78 Å². The van der Waals surface area contributed by atoms with E-state index in [4.69, 9.17) is 75.5 Å². The van der Waals surface area contributed by atoms with Crippen molar-refractivity contribution >= 4 is 50.9 Å². The van der Waals surface area contributed by atoms with Crippen molar-refractivity contribution < 1.29 is 115 Å². The maximum Gasteiger partial charge on any atom is 0.337 e. The van der Waals surface area contributed by atoms with Crippen LogP contribution in [0.3, 0.4) is 0 Å². The van der Waals surface area contributed by atoms with Crippen molar-refractivity contribution in [3.8, 4) is 0 Å². The second kappa shape index (κ2) is 76.2. The maximum atomic E-state index is 12.8. The third-order valence-electron chi connectivity index (χ3n) is 17.6. The summed E-state index contributed by atoms with van der Waals surface area (Å²) in [5.74, 6) is 1.33. The number of esters is 1. The Labute approximate surface area is 685 Å². The second-order valence-electron chi connectivity index (χ2n) is 25.1. The van der Waals surface area contributed by atoms with Crippen LogP contribution < -0.4 is 0 Å². The number of halogens is 5. The van der Waals surface area contributed by atoms with E-state index in [2.05, 4.69) is 134 Å². The van der Waals surface area contributed by atoms with E-state index in [9.17, 15) is 28.6 Å². The average Bonchev–Trinajstić information content (AvgIpc) is 0.845. The molecule has 0 fully saturated rings. The molecule has 0 saturated carbocycles. The van der Waals surface area contributed by atoms with Gasteiger partial charge in [0, 0.05) is 17.1 Å². The van der Waals surface area contributed by atoms with E-state index in [0.717, 1.165) is 55.4 Å². The minimum Gasteiger partial charge on any atom is -0.465 e. The fraction of sp³-hybridized carbons (Fsp3) is 0.488. The van der Waals surface area contributed by atoms with E-state index in [1.165, 1.54) is 110 Å². The summed E-state index contributed by atoms with van der Waals surface area (Å²) in [7, 11) is 9.38. The van der Waals surface area contributed by atoms with E-state index < -0.39 is 41.4 Å². The fourth-order valence-corrected chi connectivity index (χ4v) is 10.3. The quantitative estimate of drug-likeness (QED) is 0.0164. The highest BCUT2D eigenvalue weighted by molar-refractivity contribution is 9.10. The number of carbonyl (C=O) groups is 2. The van der Waals surface area contributed by atoms with Gasteiger partial charge in [-0.05, 0) is 201 Å². The van der Waals surface area contributed by atoms with Crippen molar-refractivity contribution in [1.29, 1.82) is 0 Å². The molecule has 7 atom stereocenters. The van der Waals surface area contributed by atoms with Crippen molar-refractivity contribution in [2.24, 2.45) is 0 Å². The van der Waals surface area contributed by atoms with Crippen molar-refractivity contribution in [3.05, 3.63) is 246 Å². The highest BCUT2D eigenvalue weighted by atomic mass is 79.9. The minimum absolute atomic E-state index is 0.236. The lowest BCUT2D eigenvalue weighted by Gasteiger charge is -2.27. The molecule has 0 radical (unpaired) electrons. The zero-order valence-corrected chi connectivity index (χ0v) is 73.1. The molecule has 26 heteroatoms. The van der Waals surface area contributed by atoms with Crippen LogP contribution in [0, 0.1) is 0 Å². The van der Waals surface area contributed by atoms with Crippen LogP contribution in [0.5, 0.6) is 0 Å². The van der Waals surface area contributed by atoms with Crippen molar-refractivity contribution in [1.82, 2.24) is 0 Å². The number of rotatable bonds is 18. The van der Waals surface area contributed by atoms with Crippen LogP contribution in [0.15, 0.2) is 174 Å². The summed E-state index contributed by atoms with van der Waals surface area (Å²) in [5.41, 5.74) is 9.53. The van der Waals surface area contributed by atoms with Crippen LogP contribution in [0.1, 0.15) is 249 Å². The Balaban J connectivity index is -0.000000221. The number of methoxy groups -OCH3 is 1. The van der Waals surface area contributed by atoms with Gasteiger partial charge in [0.25, 0.3) is 0 Å². The Hall–Kier alpha value is -6.12. The third-order valence-corrected chi connectivity index (χ3v) is 18.8. The Bertz CT molecular complexity index is 3190. The van der Waals surface area contributed by atoms with E-state index >= 15 is 0 Å². The van der Waals surface area contributed by atoms with Gasteiger partial charge in [-0.2, -0.15) is 0 Å². The Morgan fingerprint density at radius 3 is 1.17 bits per heavy atom. The van der Waals surface area contributed by atoms with Crippen LogP contribution in [-0.2, 0) is 63.5 Å². The van der Waals surface area contributed by atoms with Gasteiger partial charge in [0.05, 0.1) is 82.0 Å². The minimum atomic E-state index is -2.31. The van der Waals surface area contributed by atoms with Gasteiger partial charge < -0.3 is 25.2 Å². The number of aliphatic hydroxyl groups is 4. The SMILES string of the molecule is CCC(C)(O)c1ccccc1.CCC(C)(O)c1ccccc1.CCC(C)(c1ccccc1)C(F)F.CCC(C)c1cc(C(=O)CO)cc(C(=O)OC)c1.CCC(C)c1ccc(Cl)c(Cl)c1.CCC(C)c1cccc(Br)c1.CCC(C)c1cccc2c1CCCC2.CO.COO.COO.COO.COO.COO.COO.OO. The summed E-state index contributed by atoms with van der Waals surface area (Å²) in [5, 5.41) is 91.2. The maximum absolute atomic E-state index is 12.8. The molecule has 7 aromatic rings. The fourth-order valence-electron chi connectivity index (χ4n) is 9.56. The topological polar surface area (TPSA) is 342 Å². The van der Waals surface area contributed by atoms with Gasteiger partial charge in [-0.15, -0.1) is 0 Å². The number of ether oxygens (including phenoxy) is 1. The molecular formula is C86H135BrCl2F2O21. The number of carbonyl (C=O) groups excluding carboxylic acids is 2. The van der Waals surface area contributed by atoms with Gasteiger partial charge >= 0.3 is 5.97 Å². The molecule has 0 aromatic heterocycles. The van der Waals surface area contributed by atoms with E-state index in [1.54, 1.807) is 66.9 Å². The molecule has 8 rings (SSSR count). The van der Waals surface area contributed by atoms with Crippen LogP contribution >= 0.6 is 39.1 Å². The van der Waals surface area contributed by atoms with Crippen molar-refractivity contribution in [2.45, 2.75) is 214 Å². The number of alkyl halides is 2.